The highest BCUT2D eigenvalue weighted by Gasteiger charge is 2.15. The SMILES string of the molecule is COc1ccc(-c2cc3c(=O)n(CC(=O)NCc4cccc(Br)c4)nc(C)n3n2)cc1. The van der Waals surface area contributed by atoms with Gasteiger partial charge in [0.1, 0.15) is 23.6 Å². The normalized spacial score (nSPS) is 10.9. The molecule has 0 aliphatic carbocycles. The number of amides is 1. The van der Waals surface area contributed by atoms with Crippen molar-refractivity contribution >= 4 is 27.4 Å². The molecular formula is C22H20BrN5O3. The lowest BCUT2D eigenvalue weighted by molar-refractivity contribution is -0.122. The van der Waals surface area contributed by atoms with Gasteiger partial charge in [0, 0.05) is 16.6 Å². The molecule has 0 atom stereocenters. The molecule has 2 aromatic heterocycles. The number of benzene rings is 2. The summed E-state index contributed by atoms with van der Waals surface area (Å²) in [5.41, 5.74) is 2.42. The van der Waals surface area contributed by atoms with Crippen molar-refractivity contribution in [2.24, 2.45) is 0 Å². The largest absolute Gasteiger partial charge is 0.497 e. The molecule has 2 aromatic carbocycles. The zero-order valence-electron chi connectivity index (χ0n) is 17.0. The lowest BCUT2D eigenvalue weighted by Crippen LogP contribution is -2.34. The maximum Gasteiger partial charge on any atom is 0.293 e. The highest BCUT2D eigenvalue weighted by atomic mass is 79.9. The molecule has 1 amide bonds. The van der Waals surface area contributed by atoms with Gasteiger partial charge in [0.25, 0.3) is 5.56 Å². The van der Waals surface area contributed by atoms with E-state index in [1.54, 1.807) is 20.1 Å². The molecule has 0 aliphatic heterocycles. The number of methoxy groups -OCH3 is 1. The zero-order valence-corrected chi connectivity index (χ0v) is 18.6. The Labute approximate surface area is 186 Å². The van der Waals surface area contributed by atoms with Crippen molar-refractivity contribution < 1.29 is 9.53 Å². The van der Waals surface area contributed by atoms with Gasteiger partial charge in [-0.3, -0.25) is 9.59 Å². The number of rotatable bonds is 6. The van der Waals surface area contributed by atoms with Gasteiger partial charge in [-0.2, -0.15) is 10.2 Å². The number of halogens is 1. The van der Waals surface area contributed by atoms with E-state index in [4.69, 9.17) is 4.74 Å². The second kappa shape index (κ2) is 8.73. The number of nitrogens with zero attached hydrogens (tertiary/aromatic N) is 4. The quantitative estimate of drug-likeness (QED) is 0.457. The number of fused-ring (bicyclic) bond motifs is 1. The van der Waals surface area contributed by atoms with E-state index in [-0.39, 0.29) is 18.0 Å². The van der Waals surface area contributed by atoms with Crippen LogP contribution in [0, 0.1) is 6.92 Å². The lowest BCUT2D eigenvalue weighted by Gasteiger charge is -2.08. The number of carbonyl (C=O) groups is 1. The van der Waals surface area contributed by atoms with E-state index in [2.05, 4.69) is 31.4 Å². The van der Waals surface area contributed by atoms with Crippen LogP contribution in [-0.4, -0.2) is 32.4 Å². The molecule has 0 fully saturated rings. The van der Waals surface area contributed by atoms with Crippen LogP contribution in [0.3, 0.4) is 0 Å². The van der Waals surface area contributed by atoms with Crippen LogP contribution in [0.4, 0.5) is 0 Å². The molecule has 4 aromatic rings. The second-order valence-electron chi connectivity index (χ2n) is 6.97. The molecule has 0 spiro atoms. The number of nitrogens with one attached hydrogen (secondary N) is 1. The Morgan fingerprint density at radius 2 is 1.90 bits per heavy atom. The monoisotopic (exact) mass is 481 g/mol. The van der Waals surface area contributed by atoms with Crippen LogP contribution in [0.15, 0.2) is 63.9 Å². The smallest absolute Gasteiger partial charge is 0.293 e. The molecule has 158 valence electrons. The zero-order chi connectivity index (χ0) is 22.0. The molecule has 8 nitrogen and oxygen atoms in total. The highest BCUT2D eigenvalue weighted by molar-refractivity contribution is 9.10. The number of aryl methyl sites for hydroxylation is 1. The van der Waals surface area contributed by atoms with Gasteiger partial charge in [-0.1, -0.05) is 28.1 Å². The van der Waals surface area contributed by atoms with Gasteiger partial charge >= 0.3 is 0 Å². The molecule has 9 heteroatoms. The molecule has 0 bridgehead atoms. The van der Waals surface area contributed by atoms with E-state index in [9.17, 15) is 9.59 Å². The second-order valence-corrected chi connectivity index (χ2v) is 7.89. The minimum absolute atomic E-state index is 0.173. The van der Waals surface area contributed by atoms with Gasteiger partial charge in [-0.05, 0) is 55.0 Å². The van der Waals surface area contributed by atoms with Crippen LogP contribution >= 0.6 is 15.9 Å². The highest BCUT2D eigenvalue weighted by Crippen LogP contribution is 2.22. The number of hydrogen-bond acceptors (Lipinski definition) is 5. The fraction of sp³-hybridized carbons (Fsp3) is 0.182. The first kappa shape index (κ1) is 20.8. The maximum absolute atomic E-state index is 12.9. The summed E-state index contributed by atoms with van der Waals surface area (Å²) in [6, 6.07) is 16.8. The summed E-state index contributed by atoms with van der Waals surface area (Å²) < 4.78 is 8.78. The van der Waals surface area contributed by atoms with Gasteiger partial charge < -0.3 is 10.1 Å². The van der Waals surface area contributed by atoms with Gasteiger partial charge in [0.2, 0.25) is 5.91 Å². The lowest BCUT2D eigenvalue weighted by atomic mass is 10.1. The first-order valence-corrected chi connectivity index (χ1v) is 10.4. The Bertz CT molecular complexity index is 1310. The van der Waals surface area contributed by atoms with Crippen LogP contribution in [-0.2, 0) is 17.9 Å². The number of aromatic nitrogens is 4. The summed E-state index contributed by atoms with van der Waals surface area (Å²) in [5, 5.41) is 11.6. The Balaban J connectivity index is 1.56. The first-order valence-electron chi connectivity index (χ1n) is 9.57. The van der Waals surface area contributed by atoms with E-state index >= 15 is 0 Å². The maximum atomic E-state index is 12.9. The third-order valence-corrected chi connectivity index (χ3v) is 5.29. The predicted molar refractivity (Wildman–Crippen MR) is 120 cm³/mol. The van der Waals surface area contributed by atoms with Crippen molar-refractivity contribution in [2.45, 2.75) is 20.0 Å². The molecule has 31 heavy (non-hydrogen) atoms. The Hall–Kier alpha value is -3.46. The summed E-state index contributed by atoms with van der Waals surface area (Å²) in [4.78, 5) is 25.3. The van der Waals surface area contributed by atoms with E-state index in [0.29, 0.717) is 23.6 Å². The standard InChI is InChI=1S/C22H20BrN5O3/c1-14-25-27(13-21(29)24-12-15-4-3-5-17(23)10-15)22(30)20-11-19(26-28(14)20)16-6-8-18(31-2)9-7-16/h3-11H,12-13H2,1-2H3,(H,24,29). The molecule has 2 heterocycles. The topological polar surface area (TPSA) is 90.5 Å². The third kappa shape index (κ3) is 4.51. The fourth-order valence-electron chi connectivity index (χ4n) is 3.22. The van der Waals surface area contributed by atoms with E-state index in [0.717, 1.165) is 21.3 Å². The molecule has 0 aliphatic rings. The van der Waals surface area contributed by atoms with Gasteiger partial charge in [0.15, 0.2) is 0 Å². The van der Waals surface area contributed by atoms with Crippen molar-refractivity contribution in [2.75, 3.05) is 7.11 Å². The Kier molecular flexibility index (Phi) is 5.85. The van der Waals surface area contributed by atoms with Crippen molar-refractivity contribution in [3.05, 3.63) is 80.8 Å². The molecule has 0 radical (unpaired) electrons. The number of carbonyl (C=O) groups excluding carboxylic acids is 1. The Morgan fingerprint density at radius 1 is 1.13 bits per heavy atom. The van der Waals surface area contributed by atoms with Crippen molar-refractivity contribution in [1.82, 2.24) is 24.7 Å². The summed E-state index contributed by atoms with van der Waals surface area (Å²) in [6.07, 6.45) is 0. The molecule has 0 saturated carbocycles. The van der Waals surface area contributed by atoms with Crippen molar-refractivity contribution in [1.29, 1.82) is 0 Å². The molecule has 0 saturated heterocycles. The van der Waals surface area contributed by atoms with Gasteiger partial charge in [0.05, 0.1) is 12.8 Å². The Morgan fingerprint density at radius 3 is 2.61 bits per heavy atom. The van der Waals surface area contributed by atoms with E-state index < -0.39 is 0 Å². The number of hydrogen-bond donors (Lipinski definition) is 1. The summed E-state index contributed by atoms with van der Waals surface area (Å²) in [5.74, 6) is 0.948. The first-order chi connectivity index (χ1) is 14.9. The average molecular weight is 482 g/mol. The summed E-state index contributed by atoms with van der Waals surface area (Å²) in [7, 11) is 1.60. The third-order valence-electron chi connectivity index (χ3n) is 4.79. The van der Waals surface area contributed by atoms with Crippen molar-refractivity contribution in [3.8, 4) is 17.0 Å². The van der Waals surface area contributed by atoms with Crippen molar-refractivity contribution in [3.63, 3.8) is 0 Å². The van der Waals surface area contributed by atoms with Crippen LogP contribution in [0.25, 0.3) is 16.8 Å². The fourth-order valence-corrected chi connectivity index (χ4v) is 3.67. The van der Waals surface area contributed by atoms with E-state index in [1.165, 1.54) is 9.20 Å². The molecule has 4 rings (SSSR count). The minimum Gasteiger partial charge on any atom is -0.497 e. The van der Waals surface area contributed by atoms with Crippen LogP contribution in [0.5, 0.6) is 5.75 Å². The molecule has 1 N–H and O–H groups in total. The minimum atomic E-state index is -0.379. The summed E-state index contributed by atoms with van der Waals surface area (Å²) >= 11 is 3.41. The van der Waals surface area contributed by atoms with Crippen LogP contribution < -0.4 is 15.6 Å². The van der Waals surface area contributed by atoms with E-state index in [1.807, 2.05) is 48.5 Å². The van der Waals surface area contributed by atoms with Gasteiger partial charge in [-0.15, -0.1) is 0 Å². The van der Waals surface area contributed by atoms with Gasteiger partial charge in [-0.25, -0.2) is 9.20 Å². The molecule has 0 unspecified atom stereocenters. The molecular weight excluding hydrogens is 462 g/mol. The van der Waals surface area contributed by atoms with Crippen LogP contribution in [0.2, 0.25) is 0 Å². The average Bonchev–Trinajstić information content (AvgIpc) is 3.22. The summed E-state index contributed by atoms with van der Waals surface area (Å²) in [6.45, 7) is 1.93. The van der Waals surface area contributed by atoms with Crippen LogP contribution in [0.1, 0.15) is 11.4 Å². The predicted octanol–water partition coefficient (Wildman–Crippen LogP) is 2.95. The number of ether oxygens (including phenoxy) is 1.